The molecule has 0 saturated carbocycles. The monoisotopic (exact) mass is 315 g/mol. The topological polar surface area (TPSA) is 47.6 Å². The Morgan fingerprint density at radius 1 is 1.33 bits per heavy atom. The largest absolute Gasteiger partial charge is 0.497 e. The second-order valence-corrected chi connectivity index (χ2v) is 4.80. The number of carbonyl (C=O) groups excluding carboxylic acids is 1. The van der Waals surface area contributed by atoms with Crippen LogP contribution in [0.25, 0.3) is 0 Å². The van der Waals surface area contributed by atoms with Crippen LogP contribution < -0.4 is 14.8 Å². The second-order valence-electron chi connectivity index (χ2n) is 3.69. The molecule has 1 rings (SSSR count). The van der Waals surface area contributed by atoms with E-state index < -0.39 is 0 Å². The van der Waals surface area contributed by atoms with E-state index in [9.17, 15) is 4.79 Å². The molecule has 1 atom stereocenters. The number of hydrogen-bond donors (Lipinski definition) is 1. The van der Waals surface area contributed by atoms with E-state index in [1.807, 2.05) is 31.2 Å². The fourth-order valence-corrected chi connectivity index (χ4v) is 1.47. The van der Waals surface area contributed by atoms with Gasteiger partial charge in [0.05, 0.1) is 18.5 Å². The minimum atomic E-state index is -0.126. The number of hydrogen-bond acceptors (Lipinski definition) is 3. The first kappa shape index (κ1) is 14.8. The number of rotatable bonds is 7. The maximum absolute atomic E-state index is 11.4. The van der Waals surface area contributed by atoms with Gasteiger partial charge in [0.15, 0.2) is 0 Å². The summed E-state index contributed by atoms with van der Waals surface area (Å²) in [6, 6.07) is 7.33. The lowest BCUT2D eigenvalue weighted by atomic mass is 10.3. The third-order valence-electron chi connectivity index (χ3n) is 2.37. The summed E-state index contributed by atoms with van der Waals surface area (Å²) >= 11 is 3.29. The number of ether oxygens (including phenoxy) is 2. The highest BCUT2D eigenvalue weighted by molar-refractivity contribution is 9.10. The maximum atomic E-state index is 11.4. The number of benzene rings is 1. The fourth-order valence-electron chi connectivity index (χ4n) is 1.31. The molecular formula is C13H18BrNO3. The van der Waals surface area contributed by atoms with Gasteiger partial charge in [-0.3, -0.25) is 4.79 Å². The number of nitrogens with one attached hydrogen (secondary N) is 1. The van der Waals surface area contributed by atoms with Crippen molar-refractivity contribution in [1.82, 2.24) is 5.32 Å². The van der Waals surface area contributed by atoms with Crippen LogP contribution in [0.1, 0.15) is 13.3 Å². The molecule has 0 aliphatic carbocycles. The Morgan fingerprint density at radius 3 is 2.50 bits per heavy atom. The van der Waals surface area contributed by atoms with E-state index in [1.54, 1.807) is 7.11 Å². The third-order valence-corrected chi connectivity index (χ3v) is 3.44. The van der Waals surface area contributed by atoms with E-state index in [4.69, 9.17) is 9.47 Å². The van der Waals surface area contributed by atoms with Gasteiger partial charge in [0.2, 0.25) is 5.91 Å². The summed E-state index contributed by atoms with van der Waals surface area (Å²) < 4.78 is 10.5. The zero-order valence-electron chi connectivity index (χ0n) is 10.6. The van der Waals surface area contributed by atoms with Crippen molar-refractivity contribution in [3.8, 4) is 11.5 Å². The molecule has 4 nitrogen and oxygen atoms in total. The molecule has 1 amide bonds. The highest BCUT2D eigenvalue weighted by Gasteiger charge is 2.10. The number of carbonyl (C=O) groups is 1. The number of amides is 1. The van der Waals surface area contributed by atoms with Gasteiger partial charge < -0.3 is 14.8 Å². The van der Waals surface area contributed by atoms with E-state index in [0.717, 1.165) is 17.9 Å². The summed E-state index contributed by atoms with van der Waals surface area (Å²) in [4.78, 5) is 11.3. The van der Waals surface area contributed by atoms with Gasteiger partial charge >= 0.3 is 0 Å². The summed E-state index contributed by atoms with van der Waals surface area (Å²) in [5.41, 5.74) is 0. The van der Waals surface area contributed by atoms with Gasteiger partial charge in [-0.25, -0.2) is 0 Å². The lowest BCUT2D eigenvalue weighted by molar-refractivity contribution is -0.120. The Balaban J connectivity index is 2.23. The van der Waals surface area contributed by atoms with Crippen LogP contribution >= 0.6 is 15.9 Å². The van der Waals surface area contributed by atoms with Crippen LogP contribution in [0.4, 0.5) is 0 Å². The molecule has 0 aliphatic heterocycles. The Kier molecular flexibility index (Phi) is 6.57. The van der Waals surface area contributed by atoms with Crippen LogP contribution in [0.3, 0.4) is 0 Å². The lowest BCUT2D eigenvalue weighted by Gasteiger charge is -2.10. The smallest absolute Gasteiger partial charge is 0.233 e. The molecule has 0 heterocycles. The Bertz CT molecular complexity index is 367. The van der Waals surface area contributed by atoms with E-state index in [2.05, 4.69) is 21.2 Å². The van der Waals surface area contributed by atoms with Gasteiger partial charge in [-0.05, 0) is 30.7 Å². The van der Waals surface area contributed by atoms with E-state index in [-0.39, 0.29) is 10.7 Å². The van der Waals surface area contributed by atoms with E-state index >= 15 is 0 Å². The molecule has 1 N–H and O–H groups in total. The average molecular weight is 316 g/mol. The van der Waals surface area contributed by atoms with Crippen LogP contribution in [0.5, 0.6) is 11.5 Å². The molecule has 1 unspecified atom stereocenters. The highest BCUT2D eigenvalue weighted by atomic mass is 79.9. The predicted octanol–water partition coefficient (Wildman–Crippen LogP) is 2.36. The predicted molar refractivity (Wildman–Crippen MR) is 74.5 cm³/mol. The zero-order chi connectivity index (χ0) is 13.4. The zero-order valence-corrected chi connectivity index (χ0v) is 12.2. The van der Waals surface area contributed by atoms with Crippen molar-refractivity contribution in [3.05, 3.63) is 24.3 Å². The average Bonchev–Trinajstić information content (AvgIpc) is 2.43. The van der Waals surface area contributed by atoms with Gasteiger partial charge in [0.1, 0.15) is 18.1 Å². The summed E-state index contributed by atoms with van der Waals surface area (Å²) in [5.74, 6) is 1.55. The highest BCUT2D eigenvalue weighted by Crippen LogP contribution is 2.16. The van der Waals surface area contributed by atoms with Crippen LogP contribution in [0.2, 0.25) is 0 Å². The van der Waals surface area contributed by atoms with Crippen molar-refractivity contribution in [2.75, 3.05) is 20.3 Å². The number of halogens is 1. The molecule has 1 aromatic carbocycles. The minimum absolute atomic E-state index is 0.00386. The summed E-state index contributed by atoms with van der Waals surface area (Å²) in [7, 11) is 1.62. The molecule has 0 radical (unpaired) electrons. The third kappa shape index (κ3) is 4.96. The van der Waals surface area contributed by atoms with Crippen LogP contribution in [-0.4, -0.2) is 31.0 Å². The van der Waals surface area contributed by atoms with Crippen molar-refractivity contribution in [2.24, 2.45) is 0 Å². The van der Waals surface area contributed by atoms with Crippen molar-refractivity contribution < 1.29 is 14.3 Å². The van der Waals surface area contributed by atoms with Gasteiger partial charge in [0.25, 0.3) is 0 Å². The molecular weight excluding hydrogens is 298 g/mol. The Labute approximate surface area is 116 Å². The van der Waals surface area contributed by atoms with Crippen molar-refractivity contribution >= 4 is 21.8 Å². The normalized spacial score (nSPS) is 11.7. The van der Waals surface area contributed by atoms with Crippen molar-refractivity contribution in [2.45, 2.75) is 18.2 Å². The summed E-state index contributed by atoms with van der Waals surface area (Å²) in [5, 5.41) is 2.79. The SMILES string of the molecule is CCC(Br)C(=O)NCCOc1ccc(OC)cc1. The van der Waals surface area contributed by atoms with Crippen LogP contribution in [0, 0.1) is 0 Å². The molecule has 1 aromatic rings. The summed E-state index contributed by atoms with van der Waals surface area (Å²) in [6.45, 7) is 2.89. The van der Waals surface area contributed by atoms with Crippen molar-refractivity contribution in [1.29, 1.82) is 0 Å². The first-order valence-corrected chi connectivity index (χ1v) is 6.77. The van der Waals surface area contributed by atoms with Crippen LogP contribution in [0.15, 0.2) is 24.3 Å². The van der Waals surface area contributed by atoms with Gasteiger partial charge in [-0.15, -0.1) is 0 Å². The van der Waals surface area contributed by atoms with E-state index in [0.29, 0.717) is 13.2 Å². The molecule has 18 heavy (non-hydrogen) atoms. The number of methoxy groups -OCH3 is 1. The fraction of sp³-hybridized carbons (Fsp3) is 0.462. The first-order valence-electron chi connectivity index (χ1n) is 5.86. The quantitative estimate of drug-likeness (QED) is 0.620. The second kappa shape index (κ2) is 7.97. The van der Waals surface area contributed by atoms with E-state index in [1.165, 1.54) is 0 Å². The Morgan fingerprint density at radius 2 is 1.94 bits per heavy atom. The van der Waals surface area contributed by atoms with Gasteiger partial charge in [0, 0.05) is 0 Å². The molecule has 100 valence electrons. The maximum Gasteiger partial charge on any atom is 0.233 e. The molecule has 0 spiro atoms. The van der Waals surface area contributed by atoms with Crippen LogP contribution in [-0.2, 0) is 4.79 Å². The molecule has 0 saturated heterocycles. The Hall–Kier alpha value is -1.23. The van der Waals surface area contributed by atoms with Gasteiger partial charge in [-0.1, -0.05) is 22.9 Å². The first-order chi connectivity index (χ1) is 8.67. The molecule has 5 heteroatoms. The molecule has 0 bridgehead atoms. The summed E-state index contributed by atoms with van der Waals surface area (Å²) in [6.07, 6.45) is 0.769. The number of alkyl halides is 1. The van der Waals surface area contributed by atoms with Gasteiger partial charge in [-0.2, -0.15) is 0 Å². The molecule has 0 aliphatic rings. The minimum Gasteiger partial charge on any atom is -0.497 e. The van der Waals surface area contributed by atoms with Crippen molar-refractivity contribution in [3.63, 3.8) is 0 Å². The standard InChI is InChI=1S/C13H18BrNO3/c1-3-12(14)13(16)15-8-9-18-11-6-4-10(17-2)5-7-11/h4-7,12H,3,8-9H2,1-2H3,(H,15,16). The lowest BCUT2D eigenvalue weighted by Crippen LogP contribution is -2.33. The molecule has 0 fully saturated rings. The molecule has 0 aromatic heterocycles.